The molecule has 0 unspecified atom stereocenters. The van der Waals surface area contributed by atoms with Crippen molar-refractivity contribution in [1.82, 2.24) is 0 Å². The van der Waals surface area contributed by atoms with Crippen molar-refractivity contribution in [3.8, 4) is 0 Å². The van der Waals surface area contributed by atoms with Gasteiger partial charge in [0.25, 0.3) is 0 Å². The number of hydrogen-bond donors (Lipinski definition) is 1. The van der Waals surface area contributed by atoms with Gasteiger partial charge in [-0.1, -0.05) is 11.6 Å². The van der Waals surface area contributed by atoms with E-state index >= 15 is 0 Å². The number of primary amides is 1. The van der Waals surface area contributed by atoms with E-state index in [1.165, 1.54) is 0 Å². The van der Waals surface area contributed by atoms with Crippen molar-refractivity contribution >= 4 is 17.7 Å². The standard InChI is InChI=1S/C3H4ClNO2/c4-1-2-7-3(5)6/h1-2H,(H2,5,6). The van der Waals surface area contributed by atoms with E-state index in [9.17, 15) is 4.79 Å². The highest BCUT2D eigenvalue weighted by molar-refractivity contribution is 6.25. The van der Waals surface area contributed by atoms with E-state index in [1.807, 2.05) is 0 Å². The van der Waals surface area contributed by atoms with E-state index in [1.54, 1.807) is 0 Å². The molecule has 3 nitrogen and oxygen atoms in total. The Kier molecular flexibility index (Phi) is 3.14. The molecule has 0 atom stereocenters. The zero-order valence-electron chi connectivity index (χ0n) is 3.43. The first kappa shape index (κ1) is 6.30. The Morgan fingerprint density at radius 2 is 2.43 bits per heavy atom. The van der Waals surface area contributed by atoms with Gasteiger partial charge < -0.3 is 10.5 Å². The molecule has 0 aromatic heterocycles. The number of carbonyl (C=O) groups excluding carboxylic acids is 1. The molecule has 4 heteroatoms. The topological polar surface area (TPSA) is 52.3 Å². The van der Waals surface area contributed by atoms with Crippen LogP contribution in [0.1, 0.15) is 0 Å². The van der Waals surface area contributed by atoms with Gasteiger partial charge in [0.15, 0.2) is 0 Å². The second-order valence-electron chi connectivity index (χ2n) is 0.699. The lowest BCUT2D eigenvalue weighted by molar-refractivity contribution is 0.196. The summed E-state index contributed by atoms with van der Waals surface area (Å²) in [6, 6.07) is 0. The van der Waals surface area contributed by atoms with Crippen molar-refractivity contribution in [2.45, 2.75) is 0 Å². The Morgan fingerprint density at radius 3 is 2.57 bits per heavy atom. The number of carbonyl (C=O) groups is 1. The molecule has 0 radical (unpaired) electrons. The van der Waals surface area contributed by atoms with E-state index in [0.717, 1.165) is 11.8 Å². The normalized spacial score (nSPS) is 9.29. The average molecular weight is 122 g/mol. The van der Waals surface area contributed by atoms with Crippen LogP contribution in [0.15, 0.2) is 11.8 Å². The van der Waals surface area contributed by atoms with Crippen LogP contribution < -0.4 is 5.73 Å². The summed E-state index contributed by atoms with van der Waals surface area (Å²) in [5.74, 6) is 0. The van der Waals surface area contributed by atoms with Crippen LogP contribution in [0.5, 0.6) is 0 Å². The van der Waals surface area contributed by atoms with Crippen LogP contribution in [0.25, 0.3) is 0 Å². The molecule has 0 aromatic rings. The molecule has 0 saturated heterocycles. The van der Waals surface area contributed by atoms with Gasteiger partial charge in [-0.25, -0.2) is 4.79 Å². The molecule has 2 N–H and O–H groups in total. The van der Waals surface area contributed by atoms with Gasteiger partial charge in [-0.05, 0) is 0 Å². The summed E-state index contributed by atoms with van der Waals surface area (Å²) in [6.45, 7) is 0. The lowest BCUT2D eigenvalue weighted by Crippen LogP contribution is -2.08. The zero-order chi connectivity index (χ0) is 5.70. The van der Waals surface area contributed by atoms with Crippen molar-refractivity contribution in [2.75, 3.05) is 0 Å². The first-order valence-corrected chi connectivity index (χ1v) is 1.92. The quantitative estimate of drug-likeness (QED) is 0.522. The van der Waals surface area contributed by atoms with Gasteiger partial charge in [-0.15, -0.1) is 0 Å². The van der Waals surface area contributed by atoms with Gasteiger partial charge in [-0.3, -0.25) is 0 Å². The van der Waals surface area contributed by atoms with Crippen molar-refractivity contribution < 1.29 is 9.53 Å². The maximum absolute atomic E-state index is 9.65. The second kappa shape index (κ2) is 3.49. The predicted molar refractivity (Wildman–Crippen MR) is 25.7 cm³/mol. The van der Waals surface area contributed by atoms with Gasteiger partial charge in [0.05, 0.1) is 0 Å². The summed E-state index contributed by atoms with van der Waals surface area (Å²) in [6.07, 6.45) is 0.126. The molecule has 0 heterocycles. The smallest absolute Gasteiger partial charge is 0.409 e. The molecule has 0 aliphatic carbocycles. The molecule has 7 heavy (non-hydrogen) atoms. The Labute approximate surface area is 45.7 Å². The highest BCUT2D eigenvalue weighted by Gasteiger charge is 1.81. The summed E-state index contributed by atoms with van der Waals surface area (Å²) < 4.78 is 4.02. The lowest BCUT2D eigenvalue weighted by atomic mass is 11.1. The highest BCUT2D eigenvalue weighted by Crippen LogP contribution is 1.78. The maximum Gasteiger partial charge on any atom is 0.409 e. The van der Waals surface area contributed by atoms with Crippen molar-refractivity contribution in [3.63, 3.8) is 0 Å². The maximum atomic E-state index is 9.65. The number of rotatable bonds is 1. The van der Waals surface area contributed by atoms with E-state index < -0.39 is 6.09 Å². The van der Waals surface area contributed by atoms with Gasteiger partial charge in [0.2, 0.25) is 0 Å². The summed E-state index contributed by atoms with van der Waals surface area (Å²) in [5, 5.41) is 0. The van der Waals surface area contributed by atoms with Gasteiger partial charge in [-0.2, -0.15) is 0 Å². The molecular weight excluding hydrogens is 117 g/mol. The summed E-state index contributed by atoms with van der Waals surface area (Å²) in [4.78, 5) is 9.65. The molecule has 0 aromatic carbocycles. The van der Waals surface area contributed by atoms with Crippen LogP contribution >= 0.6 is 11.6 Å². The highest BCUT2D eigenvalue weighted by atomic mass is 35.5. The average Bonchev–Trinajstić information content (AvgIpc) is 1.61. The number of ether oxygens (including phenoxy) is 1. The van der Waals surface area contributed by atoms with E-state index in [0.29, 0.717) is 0 Å². The first-order valence-electron chi connectivity index (χ1n) is 1.48. The molecule has 0 aliphatic heterocycles. The minimum absolute atomic E-state index is 0.864. The number of hydrogen-bond acceptors (Lipinski definition) is 2. The molecule has 0 spiro atoms. The lowest BCUT2D eigenvalue weighted by Gasteiger charge is -1.84. The van der Waals surface area contributed by atoms with Crippen molar-refractivity contribution in [2.24, 2.45) is 5.73 Å². The summed E-state index contributed by atoms with van der Waals surface area (Å²) in [5.41, 5.74) is 5.55. The number of nitrogens with two attached hydrogens (primary N) is 1. The van der Waals surface area contributed by atoms with Crippen LogP contribution in [-0.4, -0.2) is 6.09 Å². The van der Waals surface area contributed by atoms with Crippen molar-refractivity contribution in [3.05, 3.63) is 11.8 Å². The number of amides is 1. The van der Waals surface area contributed by atoms with E-state index in [2.05, 4.69) is 10.5 Å². The summed E-state index contributed by atoms with van der Waals surface area (Å²) in [7, 11) is 0. The van der Waals surface area contributed by atoms with Crippen LogP contribution in [0, 0.1) is 0 Å². The first-order chi connectivity index (χ1) is 3.27. The van der Waals surface area contributed by atoms with Crippen LogP contribution in [0.2, 0.25) is 0 Å². The van der Waals surface area contributed by atoms with E-state index in [4.69, 9.17) is 11.6 Å². The number of halogens is 1. The largest absolute Gasteiger partial charge is 0.418 e. The SMILES string of the molecule is NC(=O)OC=CCl. The Bertz CT molecular complexity index is 90.9. The van der Waals surface area contributed by atoms with Crippen LogP contribution in [0.4, 0.5) is 4.79 Å². The third kappa shape index (κ3) is 5.30. The molecule has 0 saturated carbocycles. The third-order valence-corrected chi connectivity index (χ3v) is 0.338. The monoisotopic (exact) mass is 121 g/mol. The molecule has 1 amide bonds. The molecule has 0 bridgehead atoms. The summed E-state index contributed by atoms with van der Waals surface area (Å²) >= 11 is 4.93. The molecular formula is C3H4ClNO2. The molecule has 40 valence electrons. The van der Waals surface area contributed by atoms with Gasteiger partial charge >= 0.3 is 6.09 Å². The fourth-order valence-corrected chi connectivity index (χ4v) is 0.144. The fraction of sp³-hybridized carbons (Fsp3) is 0. The molecule has 0 fully saturated rings. The molecule has 0 rings (SSSR count). The minimum Gasteiger partial charge on any atom is -0.418 e. The van der Waals surface area contributed by atoms with E-state index in [-0.39, 0.29) is 0 Å². The predicted octanol–water partition coefficient (Wildman–Crippen LogP) is 0.792. The third-order valence-electron chi connectivity index (χ3n) is 0.236. The van der Waals surface area contributed by atoms with Crippen molar-refractivity contribution in [1.29, 1.82) is 0 Å². The van der Waals surface area contributed by atoms with Crippen LogP contribution in [-0.2, 0) is 4.74 Å². The fourth-order valence-electron chi connectivity index (χ4n) is 0.0928. The molecule has 0 aliphatic rings. The van der Waals surface area contributed by atoms with Gasteiger partial charge in [0.1, 0.15) is 6.26 Å². The van der Waals surface area contributed by atoms with Crippen LogP contribution in [0.3, 0.4) is 0 Å². The minimum atomic E-state index is -0.864. The Balaban J connectivity index is 3.14. The second-order valence-corrected chi connectivity index (χ2v) is 0.951. The Morgan fingerprint density at radius 1 is 1.86 bits per heavy atom. The Hall–Kier alpha value is -0.700. The zero-order valence-corrected chi connectivity index (χ0v) is 4.18. The van der Waals surface area contributed by atoms with Gasteiger partial charge in [0, 0.05) is 5.54 Å².